The van der Waals surface area contributed by atoms with Gasteiger partial charge in [0, 0.05) is 26.9 Å². The quantitative estimate of drug-likeness (QED) is 0.0346. The van der Waals surface area contributed by atoms with Gasteiger partial charge in [-0.05, 0) is 66.2 Å². The average Bonchev–Trinajstić information content (AvgIpc) is 1.72. The maximum Gasteiger partial charge on any atom is 0.248 e. The van der Waals surface area contributed by atoms with E-state index in [0.717, 1.165) is 39.5 Å². The van der Waals surface area contributed by atoms with Gasteiger partial charge in [-0.1, -0.05) is 20.3 Å². The third kappa shape index (κ3) is 18.4. The Morgan fingerprint density at radius 3 is 1.50 bits per heavy atom. The Bertz CT molecular complexity index is 2370. The number of ether oxygens (including phenoxy) is 4. The minimum atomic E-state index is -2.09. The summed E-state index contributed by atoms with van der Waals surface area (Å²) < 4.78 is 23.1. The zero-order valence-corrected chi connectivity index (χ0v) is 49.4. The summed E-state index contributed by atoms with van der Waals surface area (Å²) in [7, 11) is 0. The van der Waals surface area contributed by atoms with Crippen LogP contribution in [0.4, 0.5) is 0 Å². The molecule has 4 fully saturated rings. The van der Waals surface area contributed by atoms with Gasteiger partial charge in [0.25, 0.3) is 0 Å². The fraction of sp³-hybridized carbons (Fsp3) is 0.808. The van der Waals surface area contributed by atoms with E-state index in [9.17, 15) is 99.0 Å². The molecule has 0 aliphatic carbocycles. The monoisotopic (exact) mass is 1240 g/mol. The molecule has 0 aromatic rings. The molecule has 0 saturated carbocycles. The van der Waals surface area contributed by atoms with Crippen molar-refractivity contribution < 1.29 is 118 Å². The van der Waals surface area contributed by atoms with Crippen LogP contribution in [-0.4, -0.2) is 286 Å². The summed E-state index contributed by atoms with van der Waals surface area (Å²) in [5.74, 6) is -10.5. The molecule has 4 aliphatic rings. The molecule has 19 N–H and O–H groups in total. The van der Waals surface area contributed by atoms with Gasteiger partial charge >= 0.3 is 0 Å². The molecule has 0 bridgehead atoms. The number of carbonyl (C=O) groups excluding carboxylic acids is 10. The summed E-state index contributed by atoms with van der Waals surface area (Å²) in [5.41, 5.74) is 5.30. The molecule has 0 aromatic heterocycles. The molecular formula is C52H88N10O24. The highest BCUT2D eigenvalue weighted by atomic mass is 16.7. The van der Waals surface area contributed by atoms with Crippen molar-refractivity contribution >= 4 is 59.1 Å². The molecule has 34 nitrogen and oxygen atoms in total. The molecule has 86 heavy (non-hydrogen) atoms. The minimum absolute atomic E-state index is 0.0214. The first-order valence-corrected chi connectivity index (χ1v) is 28.5. The number of primary amides is 1. The van der Waals surface area contributed by atoms with Gasteiger partial charge in [-0.2, -0.15) is 0 Å². The van der Waals surface area contributed by atoms with Crippen molar-refractivity contribution in [2.45, 2.75) is 235 Å². The van der Waals surface area contributed by atoms with E-state index in [4.69, 9.17) is 24.7 Å². The van der Waals surface area contributed by atoms with E-state index in [-0.39, 0.29) is 38.8 Å². The van der Waals surface area contributed by atoms with E-state index in [0.29, 0.717) is 6.42 Å². The van der Waals surface area contributed by atoms with Gasteiger partial charge in [-0.3, -0.25) is 47.9 Å². The first-order chi connectivity index (χ1) is 40.2. The Morgan fingerprint density at radius 2 is 1.00 bits per heavy atom. The second kappa shape index (κ2) is 32.4. The Hall–Kier alpha value is -5.86. The van der Waals surface area contributed by atoms with Crippen molar-refractivity contribution in [2.24, 2.45) is 11.7 Å². The van der Waals surface area contributed by atoms with E-state index in [1.165, 1.54) is 18.7 Å². The number of hydrogen-bond acceptors (Lipinski definition) is 24. The van der Waals surface area contributed by atoms with E-state index in [1.807, 2.05) is 0 Å². The molecule has 34 heteroatoms. The summed E-state index contributed by atoms with van der Waals surface area (Å²) in [6.07, 6.45) is -23.6. The summed E-state index contributed by atoms with van der Waals surface area (Å²) in [6, 6.07) is -14.8. The second-order valence-electron chi connectivity index (χ2n) is 22.4. The van der Waals surface area contributed by atoms with Crippen molar-refractivity contribution in [1.29, 1.82) is 0 Å². The molecular weight excluding hydrogens is 1150 g/mol. The van der Waals surface area contributed by atoms with Gasteiger partial charge in [0.2, 0.25) is 59.1 Å². The summed E-state index contributed by atoms with van der Waals surface area (Å²) in [6.45, 7) is 9.67. The lowest BCUT2D eigenvalue weighted by Crippen LogP contribution is -2.67. The van der Waals surface area contributed by atoms with Crippen molar-refractivity contribution in [1.82, 2.24) is 47.0 Å². The number of nitrogens with two attached hydrogens (primary N) is 1. The molecule has 0 spiro atoms. The van der Waals surface area contributed by atoms with Gasteiger partial charge in [-0.15, -0.1) is 0 Å². The van der Waals surface area contributed by atoms with Crippen LogP contribution < -0.4 is 43.0 Å². The van der Waals surface area contributed by atoms with E-state index in [1.54, 1.807) is 13.8 Å². The van der Waals surface area contributed by atoms with E-state index >= 15 is 0 Å². The van der Waals surface area contributed by atoms with Crippen molar-refractivity contribution in [3.8, 4) is 0 Å². The largest absolute Gasteiger partial charge is 0.394 e. The molecule has 4 saturated heterocycles. The molecule has 4 rings (SSSR count). The number of rotatable bonds is 28. The van der Waals surface area contributed by atoms with Crippen LogP contribution in [0.25, 0.3) is 0 Å². The maximum atomic E-state index is 14.8. The Morgan fingerprint density at radius 1 is 0.558 bits per heavy atom. The molecule has 24 atom stereocenters. The lowest BCUT2D eigenvalue weighted by molar-refractivity contribution is -0.324. The number of nitrogens with one attached hydrogen (secondary N) is 7. The first kappa shape index (κ1) is 72.6. The van der Waals surface area contributed by atoms with E-state index < -0.39 is 218 Å². The number of nitrogens with zero attached hydrogens (tertiary/aromatic N) is 2. The standard InChI is InChI=1S/C52H88N10O24/c1-10-19(2)31(46(78)58-34(22(5)66)47(79)56-32(20(3)64)43(53)75)55-45(77)28-14-12-16-62(28)50(82)35(23(6)67)59-49(81)36(60-48(80)33(21(4)65)57-44(76)27-13-11-15-61(27)26(9)69)24(7)84-51-37(54-25(8)68)40(72)39(71)30(86-51)18-83-52-42(74)41(73)38(70)29(17-63)85-52/h19-24,27-42,51-52,63-67,70-74H,10-18H2,1-9H3,(H2,53,75)(H,54,68)(H,55,77)(H,56,79)(H,57,76)(H,58,78)(H,59,81)(H,60,80)/t19-,20+,21+,22+,23+,24+,27-,28-,29+,30+,31-,32-,33-,34-,35-,36-,37+,38-,39-,40+,41-,42+,51-,52+/m0/s1. The Kier molecular flexibility index (Phi) is 27.3. The molecule has 0 aromatic carbocycles. The number of carbonyl (C=O) groups is 10. The molecule has 10 amide bonds. The van der Waals surface area contributed by atoms with Crippen LogP contribution in [-0.2, 0) is 66.9 Å². The van der Waals surface area contributed by atoms with Gasteiger partial charge in [-0.25, -0.2) is 0 Å². The number of aliphatic hydroxyl groups is 10. The second-order valence-corrected chi connectivity index (χ2v) is 22.4. The minimum Gasteiger partial charge on any atom is -0.394 e. The lowest BCUT2D eigenvalue weighted by atomic mass is 9.96. The van der Waals surface area contributed by atoms with Crippen molar-refractivity contribution in [3.63, 3.8) is 0 Å². The maximum absolute atomic E-state index is 14.8. The first-order valence-electron chi connectivity index (χ1n) is 28.5. The van der Waals surface area contributed by atoms with Gasteiger partial charge in [0.1, 0.15) is 97.1 Å². The topological polar surface area (TPSA) is 527 Å². The molecule has 0 unspecified atom stereocenters. The third-order valence-corrected chi connectivity index (χ3v) is 15.6. The highest BCUT2D eigenvalue weighted by Crippen LogP contribution is 2.28. The lowest BCUT2D eigenvalue weighted by Gasteiger charge is -2.45. The summed E-state index contributed by atoms with van der Waals surface area (Å²) >= 11 is 0. The highest BCUT2D eigenvalue weighted by molar-refractivity contribution is 5.99. The smallest absolute Gasteiger partial charge is 0.248 e. The fourth-order valence-electron chi connectivity index (χ4n) is 10.4. The molecule has 4 heterocycles. The zero-order valence-electron chi connectivity index (χ0n) is 49.4. The van der Waals surface area contributed by atoms with Gasteiger partial charge < -0.3 is 123 Å². The number of aliphatic hydroxyl groups excluding tert-OH is 10. The van der Waals surface area contributed by atoms with Crippen LogP contribution in [0.3, 0.4) is 0 Å². The molecule has 0 radical (unpaired) electrons. The summed E-state index contributed by atoms with van der Waals surface area (Å²) in [4.78, 5) is 138. The van der Waals surface area contributed by atoms with Gasteiger partial charge in [0.05, 0.1) is 43.7 Å². The van der Waals surface area contributed by atoms with Crippen LogP contribution in [0.2, 0.25) is 0 Å². The zero-order chi connectivity index (χ0) is 64.9. The van der Waals surface area contributed by atoms with Gasteiger partial charge in [0.15, 0.2) is 12.6 Å². The Labute approximate surface area is 495 Å². The van der Waals surface area contributed by atoms with Crippen LogP contribution in [0, 0.1) is 5.92 Å². The van der Waals surface area contributed by atoms with Crippen LogP contribution >= 0.6 is 0 Å². The van der Waals surface area contributed by atoms with E-state index in [2.05, 4.69) is 37.2 Å². The van der Waals surface area contributed by atoms with Crippen molar-refractivity contribution in [2.75, 3.05) is 26.3 Å². The fourth-order valence-corrected chi connectivity index (χ4v) is 10.4. The predicted molar refractivity (Wildman–Crippen MR) is 291 cm³/mol. The number of amides is 10. The SMILES string of the molecule is CC[C@H](C)[C@H](NC(=O)[C@@H]1CCCN1C(=O)[C@@H](NC(=O)[C@@H](NC(=O)[C@@H](NC(=O)[C@@H]1CCCN1C(C)=O)[C@@H](C)O)[C@@H](C)O[C@H]1O[C@H](CO[C@@H]2O[C@H](CO)[C@H](O)[C@H](O)[C@H]2O)[C@H](O)[C@H](O)[C@H]1NC(C)=O)[C@@H](C)O)C(=O)N[C@H](C(=O)N[C@H](C(N)=O)[C@@H](C)O)[C@@H](C)O. The highest BCUT2D eigenvalue weighted by Gasteiger charge is 2.51. The average molecular weight is 1240 g/mol. The van der Waals surface area contributed by atoms with Crippen LogP contribution in [0.5, 0.6) is 0 Å². The molecule has 4 aliphatic heterocycles. The normalized spacial score (nSPS) is 30.0. The molecule has 490 valence electrons. The third-order valence-electron chi connectivity index (χ3n) is 15.6. The number of likely N-dealkylation sites (tertiary alicyclic amines) is 2. The van der Waals surface area contributed by atoms with Crippen LogP contribution in [0.1, 0.15) is 94.4 Å². The summed E-state index contributed by atoms with van der Waals surface area (Å²) in [5, 5.41) is 123. The number of hydrogen-bond donors (Lipinski definition) is 18. The van der Waals surface area contributed by atoms with Crippen LogP contribution in [0.15, 0.2) is 0 Å². The Balaban J connectivity index is 1.67. The predicted octanol–water partition coefficient (Wildman–Crippen LogP) is -9.88. The van der Waals surface area contributed by atoms with Crippen molar-refractivity contribution in [3.05, 3.63) is 0 Å².